The fraction of sp³-hybridized carbons (Fsp3) is 0.389. The highest BCUT2D eigenvalue weighted by molar-refractivity contribution is 5.79. The molecule has 7 heteroatoms. The molecule has 2 aromatic rings. The fourth-order valence-corrected chi connectivity index (χ4v) is 2.83. The number of carbonyl (C=O) groups excluding carboxylic acids is 1. The smallest absolute Gasteiger partial charge is 0.251 e. The first-order chi connectivity index (χ1) is 12.0. The van der Waals surface area contributed by atoms with Crippen LogP contribution >= 0.6 is 0 Å². The molecule has 1 fully saturated rings. The molecule has 1 aliphatic rings. The van der Waals surface area contributed by atoms with Crippen LogP contribution in [0.5, 0.6) is 5.75 Å². The summed E-state index contributed by atoms with van der Waals surface area (Å²) in [6.07, 6.45) is -0.102. The number of carbonyl (C=O) groups is 1. The van der Waals surface area contributed by atoms with E-state index >= 15 is 0 Å². The summed E-state index contributed by atoms with van der Waals surface area (Å²) in [5, 5.41) is 0. The minimum atomic E-state index is -0.416. The molecule has 0 bridgehead atoms. The highest BCUT2D eigenvalue weighted by Crippen LogP contribution is 2.20. The zero-order valence-electron chi connectivity index (χ0n) is 14.3. The molecule has 7 nitrogen and oxygen atoms in total. The van der Waals surface area contributed by atoms with Crippen molar-refractivity contribution >= 4 is 5.91 Å². The number of hydrogen-bond donors (Lipinski definition) is 1. The minimum absolute atomic E-state index is 0.0217. The molecule has 0 saturated carbocycles. The first-order valence-electron chi connectivity index (χ1n) is 8.15. The van der Waals surface area contributed by atoms with Crippen LogP contribution < -0.4 is 10.3 Å². The maximum absolute atomic E-state index is 12.6. The van der Waals surface area contributed by atoms with Crippen LogP contribution in [-0.4, -0.2) is 47.6 Å². The Labute approximate surface area is 145 Å². The summed E-state index contributed by atoms with van der Waals surface area (Å²) in [6.45, 7) is 3.08. The molecule has 0 radical (unpaired) electrons. The van der Waals surface area contributed by atoms with Crippen LogP contribution in [-0.2, 0) is 16.0 Å². The predicted molar refractivity (Wildman–Crippen MR) is 91.6 cm³/mol. The second-order valence-corrected chi connectivity index (χ2v) is 6.00. The van der Waals surface area contributed by atoms with Gasteiger partial charge in [-0.3, -0.25) is 9.59 Å². The Balaban J connectivity index is 1.67. The molecule has 1 aliphatic heterocycles. The van der Waals surface area contributed by atoms with Crippen molar-refractivity contribution in [1.82, 2.24) is 14.9 Å². The maximum Gasteiger partial charge on any atom is 0.251 e. The number of benzene rings is 1. The van der Waals surface area contributed by atoms with Gasteiger partial charge in [0, 0.05) is 18.3 Å². The molecule has 1 saturated heterocycles. The van der Waals surface area contributed by atoms with Crippen molar-refractivity contribution in [3.8, 4) is 5.75 Å². The van der Waals surface area contributed by atoms with Gasteiger partial charge in [0.2, 0.25) is 5.91 Å². The molecule has 1 aromatic carbocycles. The first kappa shape index (κ1) is 17.2. The fourth-order valence-electron chi connectivity index (χ4n) is 2.83. The topological polar surface area (TPSA) is 84.5 Å². The Morgan fingerprint density at radius 1 is 1.40 bits per heavy atom. The third-order valence-corrected chi connectivity index (χ3v) is 4.13. The molecule has 0 unspecified atom stereocenters. The summed E-state index contributed by atoms with van der Waals surface area (Å²) >= 11 is 0. The van der Waals surface area contributed by atoms with Gasteiger partial charge in [0.05, 0.1) is 26.7 Å². The summed E-state index contributed by atoms with van der Waals surface area (Å²) in [5.41, 5.74) is 1.34. The van der Waals surface area contributed by atoms with E-state index in [2.05, 4.69) is 9.97 Å². The number of ether oxygens (including phenoxy) is 2. The molecular weight excluding hydrogens is 322 g/mol. The molecule has 0 spiro atoms. The zero-order valence-corrected chi connectivity index (χ0v) is 14.3. The lowest BCUT2D eigenvalue weighted by molar-refractivity contribution is -0.138. The van der Waals surface area contributed by atoms with Crippen LogP contribution in [0.15, 0.2) is 35.1 Å². The van der Waals surface area contributed by atoms with Gasteiger partial charge in [0.15, 0.2) is 0 Å². The molecule has 1 aromatic heterocycles. The Kier molecular flexibility index (Phi) is 5.14. The third kappa shape index (κ3) is 4.24. The Morgan fingerprint density at radius 3 is 2.84 bits per heavy atom. The van der Waals surface area contributed by atoms with Crippen LogP contribution in [0.3, 0.4) is 0 Å². The van der Waals surface area contributed by atoms with Crippen molar-refractivity contribution in [2.24, 2.45) is 0 Å². The molecule has 132 valence electrons. The second kappa shape index (κ2) is 7.48. The summed E-state index contributed by atoms with van der Waals surface area (Å²) in [6, 6.07) is 8.87. The Morgan fingerprint density at radius 2 is 2.16 bits per heavy atom. The van der Waals surface area contributed by atoms with Gasteiger partial charge in [0.25, 0.3) is 5.56 Å². The van der Waals surface area contributed by atoms with Crippen molar-refractivity contribution in [2.75, 3.05) is 26.8 Å². The number of aryl methyl sites for hydroxylation is 1. The Hall–Kier alpha value is -2.67. The number of morpholine rings is 1. The molecule has 2 heterocycles. The number of aromatic amines is 1. The molecule has 1 atom stereocenters. The molecular formula is C18H21N3O4. The average molecular weight is 343 g/mol. The van der Waals surface area contributed by atoms with Gasteiger partial charge in [-0.15, -0.1) is 0 Å². The number of H-pyrrole nitrogens is 1. The number of aromatic nitrogens is 2. The van der Waals surface area contributed by atoms with Crippen molar-refractivity contribution in [2.45, 2.75) is 19.4 Å². The lowest BCUT2D eigenvalue weighted by Gasteiger charge is -2.32. The zero-order chi connectivity index (χ0) is 17.8. The lowest BCUT2D eigenvalue weighted by atomic mass is 10.1. The number of hydrogen-bond acceptors (Lipinski definition) is 5. The summed E-state index contributed by atoms with van der Waals surface area (Å²) < 4.78 is 10.8. The number of nitrogens with zero attached hydrogens (tertiary/aromatic N) is 2. The molecule has 1 amide bonds. The largest absolute Gasteiger partial charge is 0.497 e. The van der Waals surface area contributed by atoms with Crippen molar-refractivity contribution in [1.29, 1.82) is 0 Å². The normalized spacial score (nSPS) is 17.4. The van der Waals surface area contributed by atoms with E-state index in [-0.39, 0.29) is 11.5 Å². The SMILES string of the molecule is COc1ccc(CC(=O)N2CCO[C@@H](c3nc(C)cc(=O)[nH]3)C2)cc1. The van der Waals surface area contributed by atoms with Gasteiger partial charge >= 0.3 is 0 Å². The van der Waals surface area contributed by atoms with Crippen LogP contribution in [0, 0.1) is 6.92 Å². The molecule has 1 N–H and O–H groups in total. The van der Waals surface area contributed by atoms with E-state index < -0.39 is 6.10 Å². The lowest BCUT2D eigenvalue weighted by Crippen LogP contribution is -2.43. The van der Waals surface area contributed by atoms with E-state index in [0.717, 1.165) is 11.3 Å². The third-order valence-electron chi connectivity index (χ3n) is 4.13. The van der Waals surface area contributed by atoms with Gasteiger partial charge in [0.1, 0.15) is 17.7 Å². The highest BCUT2D eigenvalue weighted by atomic mass is 16.5. The van der Waals surface area contributed by atoms with E-state index in [0.29, 0.717) is 37.6 Å². The summed E-state index contributed by atoms with van der Waals surface area (Å²) in [7, 11) is 1.61. The predicted octanol–water partition coefficient (Wildman–Crippen LogP) is 1.23. The van der Waals surface area contributed by atoms with Crippen molar-refractivity contribution in [3.63, 3.8) is 0 Å². The standard InChI is InChI=1S/C18H21N3O4/c1-12-9-16(22)20-18(19-12)15-11-21(7-8-25-15)17(23)10-13-3-5-14(24-2)6-4-13/h3-6,9,15H,7-8,10-11H2,1-2H3,(H,19,20,22)/t15-/m1/s1. The number of amides is 1. The molecule has 3 rings (SSSR count). The van der Waals surface area contributed by atoms with Crippen LogP contribution in [0.25, 0.3) is 0 Å². The van der Waals surface area contributed by atoms with Gasteiger partial charge in [-0.25, -0.2) is 4.98 Å². The van der Waals surface area contributed by atoms with E-state index in [9.17, 15) is 9.59 Å². The summed E-state index contributed by atoms with van der Waals surface area (Å²) in [5.74, 6) is 1.25. The second-order valence-electron chi connectivity index (χ2n) is 6.00. The van der Waals surface area contributed by atoms with Crippen LogP contribution in [0.2, 0.25) is 0 Å². The highest BCUT2D eigenvalue weighted by Gasteiger charge is 2.27. The van der Waals surface area contributed by atoms with Crippen LogP contribution in [0.4, 0.5) is 0 Å². The van der Waals surface area contributed by atoms with E-state index in [1.54, 1.807) is 18.9 Å². The van der Waals surface area contributed by atoms with Crippen molar-refractivity contribution in [3.05, 3.63) is 57.8 Å². The molecule has 25 heavy (non-hydrogen) atoms. The number of methoxy groups -OCH3 is 1. The van der Waals surface area contributed by atoms with E-state index in [1.165, 1.54) is 6.07 Å². The van der Waals surface area contributed by atoms with E-state index in [4.69, 9.17) is 9.47 Å². The quantitative estimate of drug-likeness (QED) is 0.903. The van der Waals surface area contributed by atoms with Gasteiger partial charge in [-0.1, -0.05) is 12.1 Å². The van der Waals surface area contributed by atoms with Crippen LogP contribution in [0.1, 0.15) is 23.2 Å². The minimum Gasteiger partial charge on any atom is -0.497 e. The first-order valence-corrected chi connectivity index (χ1v) is 8.15. The number of rotatable bonds is 4. The maximum atomic E-state index is 12.6. The molecule has 0 aliphatic carbocycles. The number of nitrogens with one attached hydrogen (secondary N) is 1. The van der Waals surface area contributed by atoms with Crippen molar-refractivity contribution < 1.29 is 14.3 Å². The van der Waals surface area contributed by atoms with Gasteiger partial charge in [-0.2, -0.15) is 0 Å². The van der Waals surface area contributed by atoms with Gasteiger partial charge in [-0.05, 0) is 24.6 Å². The monoisotopic (exact) mass is 343 g/mol. The van der Waals surface area contributed by atoms with E-state index in [1.807, 2.05) is 24.3 Å². The summed E-state index contributed by atoms with van der Waals surface area (Å²) in [4.78, 5) is 33.0. The Bertz CT molecular complexity index is 801. The average Bonchev–Trinajstić information content (AvgIpc) is 2.61. The van der Waals surface area contributed by atoms with Gasteiger partial charge < -0.3 is 19.4 Å².